The van der Waals surface area contributed by atoms with E-state index in [1.54, 1.807) is 4.90 Å². The zero-order valence-corrected chi connectivity index (χ0v) is 22.7. The van der Waals surface area contributed by atoms with Gasteiger partial charge in [0.15, 0.2) is 0 Å². The third kappa shape index (κ3) is 5.34. The van der Waals surface area contributed by atoms with Gasteiger partial charge in [0.2, 0.25) is 0 Å². The number of aromatic amines is 1. The molecule has 1 aliphatic heterocycles. The number of unbranched alkanes of at least 4 members (excludes halogenated alkanes) is 1. The maximum atomic E-state index is 13.7. The van der Waals surface area contributed by atoms with Gasteiger partial charge in [0.25, 0.3) is 5.91 Å². The van der Waals surface area contributed by atoms with E-state index in [0.29, 0.717) is 13.0 Å². The predicted octanol–water partition coefficient (Wildman–Crippen LogP) is 5.24. The lowest BCUT2D eigenvalue weighted by Gasteiger charge is -2.40. The van der Waals surface area contributed by atoms with E-state index < -0.39 is 26.1 Å². The Morgan fingerprint density at radius 2 is 1.83 bits per heavy atom. The molecule has 36 heavy (non-hydrogen) atoms. The van der Waals surface area contributed by atoms with E-state index in [1.807, 2.05) is 48.5 Å². The van der Waals surface area contributed by atoms with E-state index in [4.69, 9.17) is 9.47 Å². The number of hydrogen-bond donors (Lipinski definition) is 1. The standard InChI is InChI=1S/C29H34N2O4Si/c1-6-7-17-35-21-14-12-20(13-15-21)28-27-23(22-10-8-9-11-24(22)30-27)19-25(29(33)34-2)31(28)26(32)16-18-36(3,4)5/h8-15,25,28,30H,6-7,17,19H2,1-5H3/t25-,28+/m1/s1. The van der Waals surface area contributed by atoms with Crippen molar-refractivity contribution in [3.05, 3.63) is 65.4 Å². The number of carbonyl (C=O) groups is 2. The molecule has 0 unspecified atom stereocenters. The van der Waals surface area contributed by atoms with Gasteiger partial charge in [-0.3, -0.25) is 4.79 Å². The lowest BCUT2D eigenvalue weighted by Crippen LogP contribution is -2.51. The van der Waals surface area contributed by atoms with E-state index >= 15 is 0 Å². The van der Waals surface area contributed by atoms with E-state index in [9.17, 15) is 9.59 Å². The molecule has 0 saturated carbocycles. The van der Waals surface area contributed by atoms with Gasteiger partial charge >= 0.3 is 5.97 Å². The first kappa shape index (κ1) is 25.6. The van der Waals surface area contributed by atoms with Gasteiger partial charge in [0, 0.05) is 23.0 Å². The topological polar surface area (TPSA) is 71.6 Å². The number of para-hydroxylation sites is 1. The summed E-state index contributed by atoms with van der Waals surface area (Å²) < 4.78 is 11.0. The first-order chi connectivity index (χ1) is 17.2. The Kier molecular flexibility index (Phi) is 7.55. The Labute approximate surface area is 214 Å². The first-order valence-electron chi connectivity index (χ1n) is 12.5. The number of hydrogen-bond acceptors (Lipinski definition) is 4. The molecule has 1 N–H and O–H groups in total. The molecular weight excluding hydrogens is 468 g/mol. The molecule has 3 aromatic rings. The molecule has 0 bridgehead atoms. The van der Waals surface area contributed by atoms with Crippen molar-refractivity contribution in [1.82, 2.24) is 9.88 Å². The summed E-state index contributed by atoms with van der Waals surface area (Å²) in [4.78, 5) is 31.8. The minimum Gasteiger partial charge on any atom is -0.494 e. The zero-order chi connectivity index (χ0) is 25.9. The second kappa shape index (κ2) is 10.6. The van der Waals surface area contributed by atoms with Crippen molar-refractivity contribution in [3.8, 4) is 17.2 Å². The Morgan fingerprint density at radius 3 is 2.50 bits per heavy atom. The first-order valence-corrected chi connectivity index (χ1v) is 16.0. The molecule has 0 radical (unpaired) electrons. The Bertz CT molecular complexity index is 1310. The quantitative estimate of drug-likeness (QED) is 0.216. The third-order valence-corrected chi connectivity index (χ3v) is 7.22. The van der Waals surface area contributed by atoms with E-state index in [1.165, 1.54) is 7.11 Å². The number of ether oxygens (including phenoxy) is 2. The van der Waals surface area contributed by atoms with Crippen molar-refractivity contribution in [2.75, 3.05) is 13.7 Å². The van der Waals surface area contributed by atoms with Crippen molar-refractivity contribution < 1.29 is 19.1 Å². The van der Waals surface area contributed by atoms with Crippen LogP contribution < -0.4 is 4.74 Å². The normalized spacial score (nSPS) is 17.2. The molecule has 1 aliphatic rings. The Morgan fingerprint density at radius 1 is 1.11 bits per heavy atom. The van der Waals surface area contributed by atoms with E-state index in [2.05, 4.69) is 43.0 Å². The van der Waals surface area contributed by atoms with Crippen molar-refractivity contribution in [2.24, 2.45) is 0 Å². The van der Waals surface area contributed by atoms with Gasteiger partial charge in [-0.2, -0.15) is 0 Å². The highest BCUT2D eigenvalue weighted by molar-refractivity contribution is 6.84. The van der Waals surface area contributed by atoms with Crippen LogP contribution in [-0.2, 0) is 20.7 Å². The van der Waals surface area contributed by atoms with Crippen molar-refractivity contribution in [3.63, 3.8) is 0 Å². The number of amides is 1. The molecule has 0 fully saturated rings. The fraction of sp³-hybridized carbons (Fsp3) is 0.379. The number of carbonyl (C=O) groups excluding carboxylic acids is 2. The molecule has 7 heteroatoms. The maximum Gasteiger partial charge on any atom is 0.328 e. The molecule has 4 rings (SSSR count). The van der Waals surface area contributed by atoms with Crippen LogP contribution in [0.4, 0.5) is 0 Å². The highest BCUT2D eigenvalue weighted by Crippen LogP contribution is 2.41. The van der Waals surface area contributed by atoms with Crippen LogP contribution in [0.1, 0.15) is 42.6 Å². The Hall–Kier alpha value is -3.50. The molecule has 0 saturated heterocycles. The number of nitrogens with one attached hydrogen (secondary N) is 1. The summed E-state index contributed by atoms with van der Waals surface area (Å²) in [5.41, 5.74) is 6.95. The van der Waals surface area contributed by atoms with Crippen LogP contribution >= 0.6 is 0 Å². The SMILES string of the molecule is CCCCOc1ccc([C@H]2c3[nH]c4ccccc4c3C[C@H](C(=O)OC)N2C(=O)C#C[Si](C)(C)C)cc1. The average molecular weight is 503 g/mol. The predicted molar refractivity (Wildman–Crippen MR) is 144 cm³/mol. The van der Waals surface area contributed by atoms with Crippen molar-refractivity contribution >= 4 is 30.9 Å². The number of rotatable bonds is 6. The monoisotopic (exact) mass is 502 g/mol. The van der Waals surface area contributed by atoms with Crippen LogP contribution in [-0.4, -0.2) is 49.6 Å². The largest absolute Gasteiger partial charge is 0.494 e. The lowest BCUT2D eigenvalue weighted by atomic mass is 9.88. The number of nitrogens with zero attached hydrogens (tertiary/aromatic N) is 1. The van der Waals surface area contributed by atoms with Gasteiger partial charge in [0.05, 0.1) is 19.8 Å². The van der Waals surface area contributed by atoms with Crippen LogP contribution in [0.2, 0.25) is 19.6 Å². The van der Waals surface area contributed by atoms with Gasteiger partial charge < -0.3 is 19.4 Å². The van der Waals surface area contributed by atoms with Gasteiger partial charge in [-0.25, -0.2) is 4.79 Å². The summed E-state index contributed by atoms with van der Waals surface area (Å²) in [6.07, 6.45) is 2.41. The molecule has 2 heterocycles. The van der Waals surface area contributed by atoms with Crippen LogP contribution in [0.15, 0.2) is 48.5 Å². The second-order valence-electron chi connectivity index (χ2n) is 10.2. The number of esters is 1. The molecule has 6 nitrogen and oxygen atoms in total. The fourth-order valence-electron chi connectivity index (χ4n) is 4.59. The van der Waals surface area contributed by atoms with E-state index in [-0.39, 0.29) is 5.91 Å². The van der Waals surface area contributed by atoms with Crippen molar-refractivity contribution in [1.29, 1.82) is 0 Å². The minimum atomic E-state index is -1.81. The zero-order valence-electron chi connectivity index (χ0n) is 21.7. The second-order valence-corrected chi connectivity index (χ2v) is 14.9. The van der Waals surface area contributed by atoms with Crippen LogP contribution in [0.3, 0.4) is 0 Å². The van der Waals surface area contributed by atoms with Crippen LogP contribution in [0, 0.1) is 11.5 Å². The van der Waals surface area contributed by atoms with Crippen LogP contribution in [0.25, 0.3) is 10.9 Å². The number of aromatic nitrogens is 1. The average Bonchev–Trinajstić information content (AvgIpc) is 3.24. The number of fused-ring (bicyclic) bond motifs is 3. The summed E-state index contributed by atoms with van der Waals surface area (Å²) in [7, 11) is -0.451. The number of methoxy groups -OCH3 is 1. The molecule has 0 spiro atoms. The lowest BCUT2D eigenvalue weighted by molar-refractivity contribution is -0.153. The summed E-state index contributed by atoms with van der Waals surface area (Å²) in [5, 5.41) is 1.05. The number of benzene rings is 2. The van der Waals surface area contributed by atoms with Crippen molar-refractivity contribution in [2.45, 2.75) is 57.9 Å². The highest BCUT2D eigenvalue weighted by Gasteiger charge is 2.43. The van der Waals surface area contributed by atoms with Gasteiger partial charge in [-0.15, -0.1) is 5.54 Å². The maximum absolute atomic E-state index is 13.7. The summed E-state index contributed by atoms with van der Waals surface area (Å²) in [6.45, 7) is 9.05. The van der Waals surface area contributed by atoms with Gasteiger partial charge in [-0.05, 0) is 41.7 Å². The fourth-order valence-corrected chi connectivity index (χ4v) is 5.07. The molecule has 188 valence electrons. The molecule has 1 amide bonds. The summed E-state index contributed by atoms with van der Waals surface area (Å²) in [5.74, 6) is 2.83. The van der Waals surface area contributed by atoms with Gasteiger partial charge in [-0.1, -0.05) is 63.3 Å². The van der Waals surface area contributed by atoms with Gasteiger partial charge in [0.1, 0.15) is 19.9 Å². The molecule has 2 aromatic carbocycles. The summed E-state index contributed by atoms with van der Waals surface area (Å²) in [6, 6.07) is 14.5. The molecule has 2 atom stereocenters. The van der Waals surface area contributed by atoms with E-state index in [0.717, 1.165) is 46.3 Å². The summed E-state index contributed by atoms with van der Waals surface area (Å²) >= 11 is 0. The highest BCUT2D eigenvalue weighted by atomic mass is 28.3. The molecule has 1 aromatic heterocycles. The van der Waals surface area contributed by atoms with Crippen LogP contribution in [0.5, 0.6) is 5.75 Å². The molecule has 0 aliphatic carbocycles. The minimum absolute atomic E-state index is 0.362. The number of H-pyrrole nitrogens is 1. The third-order valence-electron chi connectivity index (χ3n) is 6.35. The smallest absolute Gasteiger partial charge is 0.328 e. The molecular formula is C29H34N2O4Si. The Balaban J connectivity index is 1.85.